The maximum Gasteiger partial charge on any atom is 0.197 e. The molecule has 0 bridgehead atoms. The van der Waals surface area contributed by atoms with Crippen LogP contribution in [0.1, 0.15) is 26.3 Å². The van der Waals surface area contributed by atoms with Gasteiger partial charge in [-0.25, -0.2) is 0 Å². The third kappa shape index (κ3) is 2.10. The highest BCUT2D eigenvalue weighted by atomic mass is 16.5. The molecule has 0 saturated heterocycles. The first-order chi connectivity index (χ1) is 10.1. The van der Waals surface area contributed by atoms with Crippen LogP contribution in [0.4, 0.5) is 0 Å². The molecule has 1 aliphatic rings. The largest absolute Gasteiger partial charge is 0.507 e. The fraction of sp³-hybridized carbons (Fsp3) is 0.0588. The van der Waals surface area contributed by atoms with Crippen molar-refractivity contribution >= 4 is 17.6 Å². The van der Waals surface area contributed by atoms with Crippen LogP contribution in [0.2, 0.25) is 0 Å². The van der Waals surface area contributed by atoms with E-state index in [0.717, 1.165) is 0 Å². The van der Waals surface area contributed by atoms with Gasteiger partial charge in [0.2, 0.25) is 0 Å². The van der Waals surface area contributed by atoms with Gasteiger partial charge in [-0.15, -0.1) is 0 Å². The molecule has 2 aromatic rings. The Bertz CT molecular complexity index is 750. The minimum absolute atomic E-state index is 0.0431. The summed E-state index contributed by atoms with van der Waals surface area (Å²) in [6, 6.07) is 11.4. The van der Waals surface area contributed by atoms with Crippen LogP contribution < -0.4 is 4.74 Å². The van der Waals surface area contributed by atoms with E-state index in [4.69, 9.17) is 4.74 Å². The molecular formula is C17H12O4. The molecule has 2 aromatic carbocycles. The van der Waals surface area contributed by atoms with E-state index in [9.17, 15) is 14.7 Å². The van der Waals surface area contributed by atoms with Crippen LogP contribution in [-0.2, 0) is 0 Å². The Balaban J connectivity index is 2.06. The second-order valence-electron chi connectivity index (χ2n) is 4.69. The van der Waals surface area contributed by atoms with E-state index in [1.807, 2.05) is 0 Å². The van der Waals surface area contributed by atoms with Gasteiger partial charge < -0.3 is 9.84 Å². The van der Waals surface area contributed by atoms with E-state index in [0.29, 0.717) is 22.4 Å². The van der Waals surface area contributed by atoms with Crippen molar-refractivity contribution in [3.8, 4) is 11.5 Å². The van der Waals surface area contributed by atoms with Crippen molar-refractivity contribution in [1.29, 1.82) is 0 Å². The quantitative estimate of drug-likeness (QED) is 0.678. The lowest BCUT2D eigenvalue weighted by Gasteiger charge is -2.03. The maximum absolute atomic E-state index is 12.3. The fourth-order valence-electron chi connectivity index (χ4n) is 2.33. The van der Waals surface area contributed by atoms with Crippen molar-refractivity contribution in [2.45, 2.75) is 0 Å². The van der Waals surface area contributed by atoms with Crippen LogP contribution in [0.25, 0.3) is 6.08 Å². The van der Waals surface area contributed by atoms with Crippen LogP contribution in [0, 0.1) is 0 Å². The zero-order chi connectivity index (χ0) is 15.0. The van der Waals surface area contributed by atoms with E-state index >= 15 is 0 Å². The van der Waals surface area contributed by atoms with Gasteiger partial charge in [-0.1, -0.05) is 24.3 Å². The Labute approximate surface area is 121 Å². The molecule has 0 radical (unpaired) electrons. The molecule has 0 atom stereocenters. The molecule has 1 N–H and O–H groups in total. The highest BCUT2D eigenvalue weighted by Crippen LogP contribution is 2.31. The van der Waals surface area contributed by atoms with Gasteiger partial charge in [0, 0.05) is 22.8 Å². The summed E-state index contributed by atoms with van der Waals surface area (Å²) in [7, 11) is 1.49. The van der Waals surface area contributed by atoms with Gasteiger partial charge >= 0.3 is 0 Å². The number of allylic oxidation sites excluding steroid dienone is 1. The van der Waals surface area contributed by atoms with Crippen molar-refractivity contribution in [3.63, 3.8) is 0 Å². The van der Waals surface area contributed by atoms with Crippen LogP contribution in [0.5, 0.6) is 11.5 Å². The lowest BCUT2D eigenvalue weighted by atomic mass is 10.1. The number of ketones is 2. The molecular weight excluding hydrogens is 268 g/mol. The number of ether oxygens (including phenoxy) is 1. The molecule has 3 rings (SSSR count). The number of fused-ring (bicyclic) bond motifs is 1. The molecule has 0 spiro atoms. The first-order valence-corrected chi connectivity index (χ1v) is 6.39. The molecule has 104 valence electrons. The Hall–Kier alpha value is -2.88. The number of Topliss-reactive ketones (excluding diaryl/α,β-unsaturated/α-hetero) is 2. The average Bonchev–Trinajstić information content (AvgIpc) is 2.74. The van der Waals surface area contributed by atoms with Crippen molar-refractivity contribution < 1.29 is 19.4 Å². The molecule has 0 heterocycles. The number of aromatic hydroxyl groups is 1. The predicted octanol–water partition coefficient (Wildman–Crippen LogP) is 2.86. The van der Waals surface area contributed by atoms with Gasteiger partial charge in [0.25, 0.3) is 0 Å². The highest BCUT2D eigenvalue weighted by molar-refractivity contribution is 6.41. The number of phenols is 1. The van der Waals surface area contributed by atoms with Gasteiger partial charge in [-0.2, -0.15) is 0 Å². The van der Waals surface area contributed by atoms with Crippen LogP contribution in [-0.4, -0.2) is 23.8 Å². The molecule has 0 saturated carbocycles. The normalized spacial score (nSPS) is 13.3. The number of benzene rings is 2. The second-order valence-corrected chi connectivity index (χ2v) is 4.69. The minimum Gasteiger partial charge on any atom is -0.507 e. The summed E-state index contributed by atoms with van der Waals surface area (Å²) in [5.74, 6) is -0.169. The average molecular weight is 280 g/mol. The van der Waals surface area contributed by atoms with Crippen LogP contribution in [0.3, 0.4) is 0 Å². The van der Waals surface area contributed by atoms with Gasteiger partial charge in [0.05, 0.1) is 12.7 Å². The summed E-state index contributed by atoms with van der Waals surface area (Å²) in [6.45, 7) is 0. The first kappa shape index (κ1) is 13.1. The monoisotopic (exact) mass is 280 g/mol. The molecule has 0 unspecified atom stereocenters. The molecule has 0 aromatic heterocycles. The van der Waals surface area contributed by atoms with Gasteiger partial charge in [0.15, 0.2) is 11.6 Å². The molecule has 21 heavy (non-hydrogen) atoms. The smallest absolute Gasteiger partial charge is 0.197 e. The number of carbonyl (C=O) groups is 2. The van der Waals surface area contributed by atoms with Crippen molar-refractivity contribution in [3.05, 3.63) is 64.7 Å². The lowest BCUT2D eigenvalue weighted by molar-refractivity contribution is 0.0990. The number of hydrogen-bond acceptors (Lipinski definition) is 4. The fourth-order valence-corrected chi connectivity index (χ4v) is 2.33. The van der Waals surface area contributed by atoms with E-state index < -0.39 is 0 Å². The Morgan fingerprint density at radius 2 is 1.62 bits per heavy atom. The third-order valence-electron chi connectivity index (χ3n) is 3.44. The number of hydrogen-bond donors (Lipinski definition) is 1. The summed E-state index contributed by atoms with van der Waals surface area (Å²) < 4.78 is 5.00. The summed E-state index contributed by atoms with van der Waals surface area (Å²) in [6.07, 6.45) is 1.42. The number of carbonyl (C=O) groups excluding carboxylic acids is 2. The SMILES string of the molecule is COc1ccc(C=C2C(=O)c3ccccc3C2=O)c(O)c1. The number of methoxy groups -OCH3 is 1. The summed E-state index contributed by atoms with van der Waals surface area (Å²) >= 11 is 0. The number of rotatable bonds is 2. The highest BCUT2D eigenvalue weighted by Gasteiger charge is 2.32. The third-order valence-corrected chi connectivity index (χ3v) is 3.44. The van der Waals surface area contributed by atoms with E-state index in [-0.39, 0.29) is 22.9 Å². The Kier molecular flexibility index (Phi) is 3.06. The van der Waals surface area contributed by atoms with E-state index in [1.165, 1.54) is 19.3 Å². The zero-order valence-corrected chi connectivity index (χ0v) is 11.3. The summed E-state index contributed by atoms with van der Waals surface area (Å²) in [5, 5.41) is 9.93. The first-order valence-electron chi connectivity index (χ1n) is 6.39. The van der Waals surface area contributed by atoms with Crippen molar-refractivity contribution in [1.82, 2.24) is 0 Å². The number of phenolic OH excluding ortho intramolecular Hbond substituents is 1. The molecule has 0 fully saturated rings. The summed E-state index contributed by atoms with van der Waals surface area (Å²) in [4.78, 5) is 24.5. The van der Waals surface area contributed by atoms with Crippen LogP contribution in [0.15, 0.2) is 48.0 Å². The van der Waals surface area contributed by atoms with Gasteiger partial charge in [0.1, 0.15) is 11.5 Å². The maximum atomic E-state index is 12.3. The Morgan fingerprint density at radius 1 is 1.00 bits per heavy atom. The topological polar surface area (TPSA) is 63.6 Å². The van der Waals surface area contributed by atoms with E-state index in [1.54, 1.807) is 36.4 Å². The molecule has 1 aliphatic carbocycles. The van der Waals surface area contributed by atoms with Crippen LogP contribution >= 0.6 is 0 Å². The van der Waals surface area contributed by atoms with Crippen molar-refractivity contribution in [2.24, 2.45) is 0 Å². The van der Waals surface area contributed by atoms with E-state index in [2.05, 4.69) is 0 Å². The standard InChI is InChI=1S/C17H12O4/c1-21-11-7-6-10(15(18)9-11)8-14-16(19)12-4-2-3-5-13(12)17(14)20/h2-9,18H,1H3. The second kappa shape index (κ2) is 4.90. The molecule has 0 aliphatic heterocycles. The minimum atomic E-state index is -0.314. The predicted molar refractivity (Wildman–Crippen MR) is 77.7 cm³/mol. The summed E-state index contributed by atoms with van der Waals surface area (Å²) in [5.41, 5.74) is 1.28. The van der Waals surface area contributed by atoms with Crippen molar-refractivity contribution in [2.75, 3.05) is 7.11 Å². The van der Waals surface area contributed by atoms with Gasteiger partial charge in [-0.05, 0) is 18.2 Å². The lowest BCUT2D eigenvalue weighted by Crippen LogP contribution is -2.00. The molecule has 0 amide bonds. The molecule has 4 nitrogen and oxygen atoms in total. The molecule has 4 heteroatoms. The van der Waals surface area contributed by atoms with Gasteiger partial charge in [-0.3, -0.25) is 9.59 Å². The Morgan fingerprint density at radius 3 is 2.14 bits per heavy atom. The zero-order valence-electron chi connectivity index (χ0n) is 11.3.